The fourth-order valence-corrected chi connectivity index (χ4v) is 3.96. The Morgan fingerprint density at radius 2 is 1.76 bits per heavy atom. The summed E-state index contributed by atoms with van der Waals surface area (Å²) in [7, 11) is 0. The Hall–Kier alpha value is -1.06. The molecule has 2 fully saturated rings. The summed E-state index contributed by atoms with van der Waals surface area (Å²) in [6, 6.07) is 7.08. The van der Waals surface area contributed by atoms with Gasteiger partial charge in [-0.2, -0.15) is 0 Å². The van der Waals surface area contributed by atoms with E-state index in [-0.39, 0.29) is 0 Å². The average molecular weight is 288 g/mol. The van der Waals surface area contributed by atoms with E-state index in [4.69, 9.17) is 0 Å². The molecule has 3 rings (SSSR count). The zero-order chi connectivity index (χ0) is 14.8. The van der Waals surface area contributed by atoms with Crippen molar-refractivity contribution in [2.45, 2.75) is 51.6 Å². The number of benzene rings is 1. The summed E-state index contributed by atoms with van der Waals surface area (Å²) >= 11 is 0. The molecule has 1 unspecified atom stereocenters. The molecule has 1 aromatic carbocycles. The van der Waals surface area contributed by atoms with E-state index in [9.17, 15) is 5.11 Å². The minimum atomic E-state index is 0.302. The van der Waals surface area contributed by atoms with Crippen molar-refractivity contribution < 1.29 is 5.11 Å². The van der Waals surface area contributed by atoms with Gasteiger partial charge in [-0.15, -0.1) is 0 Å². The lowest BCUT2D eigenvalue weighted by Gasteiger charge is -2.40. The Balaban J connectivity index is 1.62. The first-order valence-corrected chi connectivity index (χ1v) is 8.43. The third-order valence-electron chi connectivity index (χ3n) is 5.37. The maximum absolute atomic E-state index is 10.1. The normalized spacial score (nSPS) is 23.5. The second-order valence-corrected chi connectivity index (χ2v) is 6.75. The number of hydrogen-bond acceptors (Lipinski definition) is 3. The minimum absolute atomic E-state index is 0.302. The van der Waals surface area contributed by atoms with Crippen molar-refractivity contribution in [1.29, 1.82) is 0 Å². The molecule has 1 aliphatic carbocycles. The van der Waals surface area contributed by atoms with Gasteiger partial charge in [0.2, 0.25) is 0 Å². The Morgan fingerprint density at radius 1 is 1.10 bits per heavy atom. The molecule has 1 saturated carbocycles. The molecule has 1 N–H and O–H groups in total. The summed E-state index contributed by atoms with van der Waals surface area (Å²) in [5.41, 5.74) is 2.29. The van der Waals surface area contributed by atoms with Crippen molar-refractivity contribution in [1.82, 2.24) is 9.80 Å². The number of aryl methyl sites for hydroxylation is 1. The molecule has 0 aromatic heterocycles. The molecule has 0 bridgehead atoms. The zero-order valence-corrected chi connectivity index (χ0v) is 13.4. The van der Waals surface area contributed by atoms with Crippen LogP contribution >= 0.6 is 0 Å². The molecule has 1 saturated heterocycles. The molecule has 116 valence electrons. The van der Waals surface area contributed by atoms with Gasteiger partial charge >= 0.3 is 0 Å². The van der Waals surface area contributed by atoms with Crippen molar-refractivity contribution in [3.63, 3.8) is 0 Å². The molecule has 1 aliphatic heterocycles. The zero-order valence-electron chi connectivity index (χ0n) is 13.4. The fourth-order valence-electron chi connectivity index (χ4n) is 3.96. The predicted molar refractivity (Wildman–Crippen MR) is 86.7 cm³/mol. The first-order chi connectivity index (χ1) is 10.1. The number of nitrogens with zero attached hydrogens (tertiary/aromatic N) is 2. The van der Waals surface area contributed by atoms with E-state index in [0.717, 1.165) is 24.7 Å². The van der Waals surface area contributed by atoms with Crippen molar-refractivity contribution in [2.24, 2.45) is 0 Å². The second kappa shape index (κ2) is 6.37. The van der Waals surface area contributed by atoms with Crippen LogP contribution in [0, 0.1) is 6.92 Å². The van der Waals surface area contributed by atoms with E-state index in [1.165, 1.54) is 44.3 Å². The predicted octanol–water partition coefficient (Wildman–Crippen LogP) is 3.32. The lowest BCUT2D eigenvalue weighted by Crippen LogP contribution is -2.50. The van der Waals surface area contributed by atoms with Crippen LogP contribution in [0.4, 0.5) is 0 Å². The molecule has 1 atom stereocenters. The van der Waals surface area contributed by atoms with Crippen molar-refractivity contribution in [3.8, 4) is 5.75 Å². The third-order valence-corrected chi connectivity index (χ3v) is 5.37. The van der Waals surface area contributed by atoms with Gasteiger partial charge in [0.05, 0.1) is 0 Å². The van der Waals surface area contributed by atoms with E-state index in [2.05, 4.69) is 29.7 Å². The summed E-state index contributed by atoms with van der Waals surface area (Å²) in [6.45, 7) is 8.91. The van der Waals surface area contributed by atoms with E-state index in [1.807, 2.05) is 12.1 Å². The van der Waals surface area contributed by atoms with E-state index in [1.54, 1.807) is 0 Å². The monoisotopic (exact) mass is 288 g/mol. The number of phenols is 1. The lowest BCUT2D eigenvalue weighted by atomic mass is 10.0. The summed E-state index contributed by atoms with van der Waals surface area (Å²) in [5, 5.41) is 10.1. The molecule has 1 heterocycles. The molecular weight excluding hydrogens is 260 g/mol. The van der Waals surface area contributed by atoms with E-state index in [0.29, 0.717) is 11.8 Å². The van der Waals surface area contributed by atoms with Crippen molar-refractivity contribution in [2.75, 3.05) is 26.2 Å². The summed E-state index contributed by atoms with van der Waals surface area (Å²) in [6.07, 6.45) is 5.62. The van der Waals surface area contributed by atoms with Crippen LogP contribution in [0.5, 0.6) is 5.75 Å². The molecule has 21 heavy (non-hydrogen) atoms. The Kier molecular flexibility index (Phi) is 4.51. The highest BCUT2D eigenvalue weighted by Crippen LogP contribution is 2.31. The third kappa shape index (κ3) is 3.24. The van der Waals surface area contributed by atoms with Crippen LogP contribution in [0.25, 0.3) is 0 Å². The first-order valence-electron chi connectivity index (χ1n) is 8.43. The summed E-state index contributed by atoms with van der Waals surface area (Å²) in [4.78, 5) is 5.20. The van der Waals surface area contributed by atoms with Gasteiger partial charge in [-0.25, -0.2) is 0 Å². The Labute approximate surface area is 128 Å². The highest BCUT2D eigenvalue weighted by Gasteiger charge is 2.28. The molecule has 3 nitrogen and oxygen atoms in total. The van der Waals surface area contributed by atoms with Gasteiger partial charge in [0.1, 0.15) is 5.75 Å². The fraction of sp³-hybridized carbons (Fsp3) is 0.667. The highest BCUT2D eigenvalue weighted by molar-refractivity contribution is 5.37. The number of piperazine rings is 1. The minimum Gasteiger partial charge on any atom is -0.508 e. The first kappa shape index (κ1) is 14.9. The highest BCUT2D eigenvalue weighted by atomic mass is 16.3. The molecule has 0 spiro atoms. The molecular formula is C18H28N2O. The molecule has 0 radical (unpaired) electrons. The smallest absolute Gasteiger partial charge is 0.120 e. The van der Waals surface area contributed by atoms with E-state index >= 15 is 0 Å². The summed E-state index contributed by atoms with van der Waals surface area (Å²) in [5.74, 6) is 0.436. The summed E-state index contributed by atoms with van der Waals surface area (Å²) < 4.78 is 0. The number of phenolic OH excluding ortho intramolecular Hbond substituents is 1. The van der Waals surface area contributed by atoms with Crippen LogP contribution < -0.4 is 0 Å². The number of aromatic hydroxyl groups is 1. The number of rotatable bonds is 3. The van der Waals surface area contributed by atoms with Crippen LogP contribution in [0.1, 0.15) is 49.8 Å². The lowest BCUT2D eigenvalue weighted by molar-refractivity contribution is 0.0744. The largest absolute Gasteiger partial charge is 0.508 e. The quantitative estimate of drug-likeness (QED) is 0.924. The standard InChI is InChI=1S/C18H28N2O/c1-14-7-8-18(21)17(13-14)15(2)19-9-11-20(12-10-19)16-5-3-4-6-16/h7-8,13,15-16,21H,3-6,9-12H2,1-2H3. The van der Waals surface area contributed by atoms with Crippen LogP contribution in [0.3, 0.4) is 0 Å². The van der Waals surface area contributed by atoms with Crippen LogP contribution in [0.2, 0.25) is 0 Å². The van der Waals surface area contributed by atoms with Crippen molar-refractivity contribution >= 4 is 0 Å². The molecule has 3 heteroatoms. The van der Waals surface area contributed by atoms with Crippen LogP contribution in [0.15, 0.2) is 18.2 Å². The van der Waals surface area contributed by atoms with E-state index < -0.39 is 0 Å². The average Bonchev–Trinajstić information content (AvgIpc) is 3.03. The molecule has 1 aromatic rings. The molecule has 0 amide bonds. The maximum Gasteiger partial charge on any atom is 0.120 e. The van der Waals surface area contributed by atoms with Gasteiger partial charge in [0.25, 0.3) is 0 Å². The number of hydrogen-bond donors (Lipinski definition) is 1. The van der Waals surface area contributed by atoms with Crippen LogP contribution in [-0.4, -0.2) is 47.1 Å². The maximum atomic E-state index is 10.1. The van der Waals surface area contributed by atoms with Gasteiger partial charge < -0.3 is 5.11 Å². The van der Waals surface area contributed by atoms with Crippen LogP contribution in [-0.2, 0) is 0 Å². The van der Waals surface area contributed by atoms with Gasteiger partial charge in [-0.3, -0.25) is 9.80 Å². The van der Waals surface area contributed by atoms with Gasteiger partial charge in [-0.05, 0) is 32.8 Å². The van der Waals surface area contributed by atoms with Gasteiger partial charge in [-0.1, -0.05) is 30.5 Å². The SMILES string of the molecule is Cc1ccc(O)c(C(C)N2CCN(C3CCCC3)CC2)c1. The Bertz CT molecular complexity index is 474. The second-order valence-electron chi connectivity index (χ2n) is 6.75. The van der Waals surface area contributed by atoms with Gasteiger partial charge in [0.15, 0.2) is 0 Å². The van der Waals surface area contributed by atoms with Gasteiger partial charge in [0, 0.05) is 43.8 Å². The molecule has 2 aliphatic rings. The topological polar surface area (TPSA) is 26.7 Å². The van der Waals surface area contributed by atoms with Crippen molar-refractivity contribution in [3.05, 3.63) is 29.3 Å². The Morgan fingerprint density at radius 3 is 2.43 bits per heavy atom.